The normalized spacial score (nSPS) is 12.4. The highest BCUT2D eigenvalue weighted by molar-refractivity contribution is 5.81. The van der Waals surface area contributed by atoms with Crippen LogP contribution in [-0.2, 0) is 28.6 Å². The Hall–Kier alpha value is -1.93. The van der Waals surface area contributed by atoms with E-state index in [0.717, 1.165) is 142 Å². The van der Waals surface area contributed by atoms with Gasteiger partial charge in [0.05, 0.1) is 18.6 Å². The van der Waals surface area contributed by atoms with Gasteiger partial charge in [-0.15, -0.1) is 0 Å². The van der Waals surface area contributed by atoms with E-state index in [1.54, 1.807) is 7.11 Å². The smallest absolute Gasteiger partial charge is 0.306 e. The molecule has 0 saturated heterocycles. The molecule has 0 heterocycles. The Balaban J connectivity index is 4.54. The fraction of sp³-hybridized carbons (Fsp3) is 0.902. The lowest BCUT2D eigenvalue weighted by Gasteiger charge is -2.24. The first kappa shape index (κ1) is 57.1. The molecule has 1 N–H and O–H groups in total. The highest BCUT2D eigenvalue weighted by atomic mass is 16.5. The van der Waals surface area contributed by atoms with E-state index < -0.39 is 5.41 Å². The molecule has 0 aliphatic carbocycles. The van der Waals surface area contributed by atoms with Gasteiger partial charge in [0.25, 0.3) is 0 Å². The number of nitrogens with zero attached hydrogens (tertiary/aromatic N) is 1. The van der Waals surface area contributed by atoms with Gasteiger partial charge < -0.3 is 24.4 Å². The molecular weight excluding hydrogens is 737 g/mol. The zero-order valence-corrected chi connectivity index (χ0v) is 40.0. The third-order valence-electron chi connectivity index (χ3n) is 11.5. The second kappa shape index (κ2) is 42.7. The van der Waals surface area contributed by atoms with Gasteiger partial charge in [0.2, 0.25) is 5.91 Å². The minimum Gasteiger partial charge on any atom is -0.466 e. The van der Waals surface area contributed by atoms with Crippen LogP contribution in [0, 0.1) is 5.41 Å². The lowest BCUT2D eigenvalue weighted by molar-refractivity contribution is -0.150. The zero-order chi connectivity index (χ0) is 43.5. The maximum absolute atomic E-state index is 12.8. The molecular formula is C51H98N2O6. The third-order valence-corrected chi connectivity index (χ3v) is 11.5. The first-order valence-corrected chi connectivity index (χ1v) is 25.2. The van der Waals surface area contributed by atoms with Gasteiger partial charge >= 0.3 is 11.9 Å². The van der Waals surface area contributed by atoms with E-state index >= 15 is 0 Å². The summed E-state index contributed by atoms with van der Waals surface area (Å²) in [7, 11) is 1.64. The van der Waals surface area contributed by atoms with E-state index in [9.17, 15) is 14.4 Å². The van der Waals surface area contributed by atoms with E-state index in [1.807, 2.05) is 13.8 Å². The standard InChI is InChI=1S/C51H98N2O6/c1-7-10-13-16-19-28-35-45-58-48(54)39-31-24-20-26-33-42-53(44-36-41-52-50(56)51(4,5)46-57-6)43-34-27-21-25-32-40-49(55)59-47(37-29-22-17-14-11-8-2)38-30-23-18-15-12-9-3/h14,17,47H,7-13,15-16,18-46H2,1-6H3,(H,52,56)/b17-14+. The molecule has 0 saturated carbocycles. The van der Waals surface area contributed by atoms with Crippen LogP contribution in [0.2, 0.25) is 0 Å². The molecule has 1 unspecified atom stereocenters. The van der Waals surface area contributed by atoms with Crippen molar-refractivity contribution in [2.45, 2.75) is 246 Å². The average Bonchev–Trinajstić information content (AvgIpc) is 3.21. The van der Waals surface area contributed by atoms with Crippen LogP contribution in [-0.4, -0.2) is 75.4 Å². The van der Waals surface area contributed by atoms with Crippen molar-refractivity contribution in [1.29, 1.82) is 0 Å². The van der Waals surface area contributed by atoms with Gasteiger partial charge in [-0.25, -0.2) is 0 Å². The van der Waals surface area contributed by atoms with Crippen LogP contribution in [0.3, 0.4) is 0 Å². The fourth-order valence-corrected chi connectivity index (χ4v) is 7.62. The van der Waals surface area contributed by atoms with Crippen LogP contribution in [0.4, 0.5) is 0 Å². The van der Waals surface area contributed by atoms with Crippen LogP contribution in [0.5, 0.6) is 0 Å². The molecule has 0 rings (SSSR count). The highest BCUT2D eigenvalue weighted by Gasteiger charge is 2.27. The Morgan fingerprint density at radius 2 is 1.05 bits per heavy atom. The number of nitrogens with one attached hydrogen (secondary N) is 1. The molecule has 1 atom stereocenters. The molecule has 0 aliphatic rings. The van der Waals surface area contributed by atoms with Crippen molar-refractivity contribution >= 4 is 17.8 Å². The number of allylic oxidation sites excluding steroid dienone is 2. The lowest BCUT2D eigenvalue weighted by atomic mass is 9.93. The number of methoxy groups -OCH3 is 1. The van der Waals surface area contributed by atoms with Crippen molar-refractivity contribution in [2.75, 3.05) is 46.5 Å². The van der Waals surface area contributed by atoms with Gasteiger partial charge in [-0.05, 0) is 111 Å². The van der Waals surface area contributed by atoms with Crippen molar-refractivity contribution in [3.63, 3.8) is 0 Å². The number of unbranched alkanes of at least 4 members (excludes halogenated alkanes) is 21. The van der Waals surface area contributed by atoms with Crippen LogP contribution in [0.15, 0.2) is 12.2 Å². The summed E-state index contributed by atoms with van der Waals surface area (Å²) >= 11 is 0. The molecule has 59 heavy (non-hydrogen) atoms. The molecule has 0 fully saturated rings. The second-order valence-electron chi connectivity index (χ2n) is 18.0. The summed E-state index contributed by atoms with van der Waals surface area (Å²) in [4.78, 5) is 40.2. The van der Waals surface area contributed by atoms with Crippen molar-refractivity contribution in [1.82, 2.24) is 10.2 Å². The van der Waals surface area contributed by atoms with Crippen molar-refractivity contribution in [2.24, 2.45) is 5.41 Å². The Morgan fingerprint density at radius 3 is 1.64 bits per heavy atom. The van der Waals surface area contributed by atoms with E-state index in [2.05, 4.69) is 43.1 Å². The Morgan fingerprint density at radius 1 is 0.559 bits per heavy atom. The monoisotopic (exact) mass is 835 g/mol. The maximum Gasteiger partial charge on any atom is 0.306 e. The number of amides is 1. The molecule has 0 spiro atoms. The quantitative estimate of drug-likeness (QED) is 0.0371. The predicted octanol–water partition coefficient (Wildman–Crippen LogP) is 13.6. The average molecular weight is 835 g/mol. The van der Waals surface area contributed by atoms with Gasteiger partial charge in [-0.1, -0.05) is 148 Å². The third kappa shape index (κ3) is 38.7. The molecule has 1 amide bonds. The van der Waals surface area contributed by atoms with Crippen molar-refractivity contribution < 1.29 is 28.6 Å². The molecule has 0 bridgehead atoms. The topological polar surface area (TPSA) is 94.2 Å². The number of hydrogen-bond donors (Lipinski definition) is 1. The summed E-state index contributed by atoms with van der Waals surface area (Å²) in [6, 6.07) is 0. The number of ether oxygens (including phenoxy) is 3. The summed E-state index contributed by atoms with van der Waals surface area (Å²) in [6.45, 7) is 15.3. The molecule has 0 aromatic rings. The summed E-state index contributed by atoms with van der Waals surface area (Å²) in [5.74, 6) is -0.00535. The number of esters is 2. The number of hydrogen-bond acceptors (Lipinski definition) is 7. The molecule has 0 aliphatic heterocycles. The van der Waals surface area contributed by atoms with Crippen LogP contribution in [0.25, 0.3) is 0 Å². The van der Waals surface area contributed by atoms with E-state index in [-0.39, 0.29) is 23.9 Å². The van der Waals surface area contributed by atoms with Gasteiger partial charge in [0.1, 0.15) is 6.10 Å². The van der Waals surface area contributed by atoms with E-state index in [1.165, 1.54) is 70.6 Å². The highest BCUT2D eigenvalue weighted by Crippen LogP contribution is 2.18. The van der Waals surface area contributed by atoms with Crippen molar-refractivity contribution in [3.8, 4) is 0 Å². The minimum absolute atomic E-state index is 0.00915. The van der Waals surface area contributed by atoms with Crippen LogP contribution >= 0.6 is 0 Å². The molecule has 348 valence electrons. The molecule has 0 aromatic heterocycles. The first-order chi connectivity index (χ1) is 28.7. The van der Waals surface area contributed by atoms with Crippen LogP contribution in [0.1, 0.15) is 240 Å². The predicted molar refractivity (Wildman–Crippen MR) is 250 cm³/mol. The van der Waals surface area contributed by atoms with Gasteiger partial charge in [0.15, 0.2) is 0 Å². The zero-order valence-electron chi connectivity index (χ0n) is 40.0. The summed E-state index contributed by atoms with van der Waals surface area (Å²) in [5.41, 5.74) is -0.532. The van der Waals surface area contributed by atoms with Crippen molar-refractivity contribution in [3.05, 3.63) is 12.2 Å². The molecule has 0 radical (unpaired) electrons. The molecule has 8 heteroatoms. The van der Waals surface area contributed by atoms with Gasteiger partial charge in [-0.3, -0.25) is 14.4 Å². The molecule has 0 aromatic carbocycles. The summed E-state index contributed by atoms with van der Waals surface area (Å²) in [5, 5.41) is 3.12. The van der Waals surface area contributed by atoms with Crippen LogP contribution < -0.4 is 5.32 Å². The fourth-order valence-electron chi connectivity index (χ4n) is 7.62. The molecule has 8 nitrogen and oxygen atoms in total. The lowest BCUT2D eigenvalue weighted by Crippen LogP contribution is -2.41. The van der Waals surface area contributed by atoms with E-state index in [0.29, 0.717) is 32.6 Å². The van der Waals surface area contributed by atoms with E-state index in [4.69, 9.17) is 14.2 Å². The Bertz CT molecular complexity index is 985. The SMILES string of the molecule is CCC/C=C/CCCC(CCCCCCCC)OC(=O)CCCCCCCN(CCCCCCCC(=O)OCCCCCCCCC)CCCNC(=O)C(C)(C)COC. The first-order valence-electron chi connectivity index (χ1n) is 25.2. The maximum atomic E-state index is 12.8. The number of carbonyl (C=O) groups excluding carboxylic acids is 3. The Kier molecular flexibility index (Phi) is 41.3. The van der Waals surface area contributed by atoms with Gasteiger partial charge in [0, 0.05) is 26.5 Å². The summed E-state index contributed by atoms with van der Waals surface area (Å²) in [6.07, 6.45) is 40.1. The van der Waals surface area contributed by atoms with Gasteiger partial charge in [-0.2, -0.15) is 0 Å². The Labute approximate surface area is 365 Å². The second-order valence-corrected chi connectivity index (χ2v) is 18.0. The minimum atomic E-state index is -0.532. The summed E-state index contributed by atoms with van der Waals surface area (Å²) < 4.78 is 16.7. The largest absolute Gasteiger partial charge is 0.466 e. The number of rotatable bonds is 45. The number of carbonyl (C=O) groups is 3.